The Labute approximate surface area is 177 Å². The van der Waals surface area contributed by atoms with Gasteiger partial charge < -0.3 is 10.1 Å². The van der Waals surface area contributed by atoms with Gasteiger partial charge in [0.2, 0.25) is 10.0 Å². The largest absolute Gasteiger partial charge is 0.484 e. The van der Waals surface area contributed by atoms with E-state index in [-0.39, 0.29) is 23.5 Å². The van der Waals surface area contributed by atoms with Crippen molar-refractivity contribution in [1.82, 2.24) is 9.62 Å². The van der Waals surface area contributed by atoms with Crippen LogP contribution in [0, 0.1) is 6.92 Å². The predicted molar refractivity (Wildman–Crippen MR) is 115 cm³/mol. The molecule has 0 aromatic heterocycles. The van der Waals surface area contributed by atoms with Crippen LogP contribution in [0.15, 0.2) is 47.4 Å². The van der Waals surface area contributed by atoms with Crippen molar-refractivity contribution in [3.63, 3.8) is 0 Å². The number of nitrogens with zero attached hydrogens (tertiary/aromatic N) is 1. The number of amides is 1. The van der Waals surface area contributed by atoms with Crippen molar-refractivity contribution < 1.29 is 17.9 Å². The molecule has 1 N–H and O–H groups in total. The topological polar surface area (TPSA) is 75.7 Å². The standard InChI is InChI=1S/C21H27ClN2O4S/c1-5-24(6-2)29(26,27)19-11-12-20(15(3)13-19)28-14-21(25)23-16(4)17-7-9-18(22)10-8-17/h7-13,16H,5-6,14H2,1-4H3,(H,23,25)/t16-/m1/s1. The second kappa shape index (κ2) is 10.1. The van der Waals surface area contributed by atoms with Gasteiger partial charge in [0, 0.05) is 18.1 Å². The van der Waals surface area contributed by atoms with Gasteiger partial charge in [-0.3, -0.25) is 4.79 Å². The molecule has 0 radical (unpaired) electrons. The summed E-state index contributed by atoms with van der Waals surface area (Å²) in [5.41, 5.74) is 1.58. The number of halogens is 1. The van der Waals surface area contributed by atoms with Gasteiger partial charge in [-0.2, -0.15) is 4.31 Å². The van der Waals surface area contributed by atoms with Crippen LogP contribution in [0.1, 0.15) is 37.9 Å². The Morgan fingerprint density at radius 3 is 2.31 bits per heavy atom. The Kier molecular flexibility index (Phi) is 8.07. The highest BCUT2D eigenvalue weighted by molar-refractivity contribution is 7.89. The van der Waals surface area contributed by atoms with Gasteiger partial charge >= 0.3 is 0 Å². The summed E-state index contributed by atoms with van der Waals surface area (Å²) in [7, 11) is -3.53. The van der Waals surface area contributed by atoms with E-state index in [1.54, 1.807) is 45.0 Å². The quantitative estimate of drug-likeness (QED) is 0.643. The van der Waals surface area contributed by atoms with Crippen LogP contribution < -0.4 is 10.1 Å². The van der Waals surface area contributed by atoms with E-state index in [2.05, 4.69) is 5.32 Å². The summed E-state index contributed by atoms with van der Waals surface area (Å²) in [6.45, 7) is 7.87. The van der Waals surface area contributed by atoms with Gasteiger partial charge in [0.25, 0.3) is 5.91 Å². The smallest absolute Gasteiger partial charge is 0.258 e. The first-order valence-electron chi connectivity index (χ1n) is 9.47. The normalized spacial score (nSPS) is 12.6. The van der Waals surface area contributed by atoms with Crippen LogP contribution in [0.4, 0.5) is 0 Å². The summed E-state index contributed by atoms with van der Waals surface area (Å²) in [5, 5.41) is 3.50. The van der Waals surface area contributed by atoms with Gasteiger partial charge in [0.05, 0.1) is 10.9 Å². The number of benzene rings is 2. The van der Waals surface area contributed by atoms with Gasteiger partial charge in [0.15, 0.2) is 6.61 Å². The van der Waals surface area contributed by atoms with Crippen LogP contribution in [0.25, 0.3) is 0 Å². The molecule has 0 unspecified atom stereocenters. The van der Waals surface area contributed by atoms with Crippen molar-refractivity contribution >= 4 is 27.5 Å². The minimum Gasteiger partial charge on any atom is -0.484 e. The maximum Gasteiger partial charge on any atom is 0.258 e. The number of carbonyl (C=O) groups excluding carboxylic acids is 1. The molecule has 0 saturated heterocycles. The summed E-state index contributed by atoms with van der Waals surface area (Å²) in [4.78, 5) is 12.4. The average molecular weight is 439 g/mol. The molecule has 2 aromatic rings. The number of rotatable bonds is 9. The van der Waals surface area contributed by atoms with Crippen molar-refractivity contribution in [3.8, 4) is 5.75 Å². The Morgan fingerprint density at radius 1 is 1.14 bits per heavy atom. The van der Waals surface area contributed by atoms with Crippen LogP contribution in [0.3, 0.4) is 0 Å². The molecule has 0 saturated carbocycles. The van der Waals surface area contributed by atoms with Crippen LogP contribution in [-0.2, 0) is 14.8 Å². The number of hydrogen-bond donors (Lipinski definition) is 1. The highest BCUT2D eigenvalue weighted by atomic mass is 35.5. The highest BCUT2D eigenvalue weighted by Crippen LogP contribution is 2.24. The zero-order valence-corrected chi connectivity index (χ0v) is 18.7. The fourth-order valence-electron chi connectivity index (χ4n) is 2.92. The fourth-order valence-corrected chi connectivity index (χ4v) is 4.59. The van der Waals surface area contributed by atoms with Crippen molar-refractivity contribution in [2.75, 3.05) is 19.7 Å². The van der Waals surface area contributed by atoms with E-state index in [9.17, 15) is 13.2 Å². The molecule has 0 aliphatic heterocycles. The van der Waals surface area contributed by atoms with E-state index < -0.39 is 10.0 Å². The summed E-state index contributed by atoms with van der Waals surface area (Å²) >= 11 is 5.88. The molecule has 2 aromatic carbocycles. The van der Waals surface area contributed by atoms with Crippen LogP contribution in [0.5, 0.6) is 5.75 Å². The van der Waals surface area contributed by atoms with Crippen LogP contribution >= 0.6 is 11.6 Å². The maximum atomic E-state index is 12.6. The lowest BCUT2D eigenvalue weighted by molar-refractivity contribution is -0.123. The lowest BCUT2D eigenvalue weighted by Gasteiger charge is -2.19. The number of aryl methyl sites for hydroxylation is 1. The minimum absolute atomic E-state index is 0.166. The van der Waals surface area contributed by atoms with Crippen LogP contribution in [0.2, 0.25) is 5.02 Å². The van der Waals surface area contributed by atoms with E-state index in [4.69, 9.17) is 16.3 Å². The molecule has 29 heavy (non-hydrogen) atoms. The van der Waals surface area contributed by atoms with E-state index in [1.165, 1.54) is 10.4 Å². The Morgan fingerprint density at radius 2 is 1.76 bits per heavy atom. The molecule has 0 aliphatic carbocycles. The molecule has 2 rings (SSSR count). The molecule has 6 nitrogen and oxygen atoms in total. The average Bonchev–Trinajstić information content (AvgIpc) is 2.68. The van der Waals surface area contributed by atoms with Crippen LogP contribution in [-0.4, -0.2) is 38.3 Å². The zero-order valence-electron chi connectivity index (χ0n) is 17.1. The van der Waals surface area contributed by atoms with E-state index >= 15 is 0 Å². The van der Waals surface area contributed by atoms with Gasteiger partial charge in [-0.15, -0.1) is 0 Å². The highest BCUT2D eigenvalue weighted by Gasteiger charge is 2.22. The SMILES string of the molecule is CCN(CC)S(=O)(=O)c1ccc(OCC(=O)N[C@H](C)c2ccc(Cl)cc2)c(C)c1. The Bertz CT molecular complexity index is 942. The summed E-state index contributed by atoms with van der Waals surface area (Å²) in [5.74, 6) is 0.199. The number of sulfonamides is 1. The molecule has 0 aliphatic rings. The molecule has 1 amide bonds. The maximum absolute atomic E-state index is 12.6. The molecular weight excluding hydrogens is 412 g/mol. The van der Waals surface area contributed by atoms with Gasteiger partial charge in [-0.1, -0.05) is 37.6 Å². The first-order chi connectivity index (χ1) is 13.7. The van der Waals surface area contributed by atoms with E-state index in [0.717, 1.165) is 5.56 Å². The third-order valence-corrected chi connectivity index (χ3v) is 6.89. The Hall–Kier alpha value is -2.09. The van der Waals surface area contributed by atoms with Crippen molar-refractivity contribution in [2.24, 2.45) is 0 Å². The summed E-state index contributed by atoms with van der Waals surface area (Å²) < 4.78 is 32.2. The number of carbonyl (C=O) groups is 1. The third-order valence-electron chi connectivity index (χ3n) is 4.60. The third kappa shape index (κ3) is 5.95. The molecule has 158 valence electrons. The predicted octanol–water partition coefficient (Wildman–Crippen LogP) is 3.94. The second-order valence-electron chi connectivity index (χ2n) is 6.65. The first-order valence-corrected chi connectivity index (χ1v) is 11.3. The zero-order chi connectivity index (χ0) is 21.6. The summed E-state index contributed by atoms with van der Waals surface area (Å²) in [6, 6.07) is 11.7. The first kappa shape index (κ1) is 23.2. The van der Waals surface area contributed by atoms with E-state index in [1.807, 2.05) is 19.1 Å². The second-order valence-corrected chi connectivity index (χ2v) is 9.02. The molecule has 0 fully saturated rings. The molecular formula is C21H27ClN2O4S. The monoisotopic (exact) mass is 438 g/mol. The molecule has 1 atom stereocenters. The lowest BCUT2D eigenvalue weighted by atomic mass is 10.1. The summed E-state index contributed by atoms with van der Waals surface area (Å²) in [6.07, 6.45) is 0. The molecule has 8 heteroatoms. The van der Waals surface area contributed by atoms with Gasteiger partial charge in [-0.25, -0.2) is 8.42 Å². The van der Waals surface area contributed by atoms with Crippen molar-refractivity contribution in [3.05, 3.63) is 58.6 Å². The van der Waals surface area contributed by atoms with Crippen molar-refractivity contribution in [2.45, 2.75) is 38.6 Å². The lowest BCUT2D eigenvalue weighted by Crippen LogP contribution is -2.31. The van der Waals surface area contributed by atoms with Gasteiger partial charge in [0.1, 0.15) is 5.75 Å². The van der Waals surface area contributed by atoms with Crippen molar-refractivity contribution in [1.29, 1.82) is 0 Å². The fraction of sp³-hybridized carbons (Fsp3) is 0.381. The minimum atomic E-state index is -3.53. The number of ether oxygens (including phenoxy) is 1. The molecule has 0 bridgehead atoms. The number of nitrogens with one attached hydrogen (secondary N) is 1. The molecule has 0 spiro atoms. The number of hydrogen-bond acceptors (Lipinski definition) is 4. The van der Waals surface area contributed by atoms with Gasteiger partial charge in [-0.05, 0) is 55.3 Å². The van der Waals surface area contributed by atoms with E-state index in [0.29, 0.717) is 29.4 Å². The molecule has 0 heterocycles. The Balaban J connectivity index is 2.00.